The number of hydrogen-bond acceptors (Lipinski definition) is 2. The highest BCUT2D eigenvalue weighted by atomic mass is 79.9. The number of rotatable bonds is 3. The van der Waals surface area contributed by atoms with Gasteiger partial charge in [-0.1, -0.05) is 0 Å². The average Bonchev–Trinajstić information content (AvgIpc) is 2.72. The third-order valence-electron chi connectivity index (χ3n) is 5.51. The predicted octanol–water partition coefficient (Wildman–Crippen LogP) is 3.70. The number of Topliss-reactive ketones (excluding diaryl/α,β-unsaturated/α-hetero) is 1. The second-order valence-electron chi connectivity index (χ2n) is 6.76. The van der Waals surface area contributed by atoms with E-state index < -0.39 is 0 Å². The zero-order valence-corrected chi connectivity index (χ0v) is 12.9. The van der Waals surface area contributed by atoms with Crippen molar-refractivity contribution in [2.24, 2.45) is 29.6 Å². The second kappa shape index (κ2) is 3.94. The van der Waals surface area contributed by atoms with Crippen molar-refractivity contribution < 1.29 is 4.79 Å². The third-order valence-corrected chi connectivity index (χ3v) is 6.09. The van der Waals surface area contributed by atoms with Gasteiger partial charge in [0.05, 0.1) is 10.7 Å². The van der Waals surface area contributed by atoms with Gasteiger partial charge in [-0.05, 0) is 72.7 Å². The van der Waals surface area contributed by atoms with E-state index in [-0.39, 0.29) is 6.04 Å². The summed E-state index contributed by atoms with van der Waals surface area (Å²) in [6.45, 7) is 4.15. The summed E-state index contributed by atoms with van der Waals surface area (Å²) in [5.74, 6) is 3.74. The fraction of sp³-hybridized carbons (Fsp3) is 0.733. The van der Waals surface area contributed by atoms with Crippen LogP contribution in [0.5, 0.6) is 0 Å². The number of halogens is 1. The average molecular weight is 323 g/mol. The van der Waals surface area contributed by atoms with Crippen molar-refractivity contribution in [3.05, 3.63) is 16.4 Å². The van der Waals surface area contributed by atoms with Crippen LogP contribution in [0.4, 0.5) is 0 Å². The van der Waals surface area contributed by atoms with Gasteiger partial charge in [0.2, 0.25) is 0 Å². The molecule has 3 aliphatic rings. The van der Waals surface area contributed by atoms with Crippen molar-refractivity contribution in [1.82, 2.24) is 9.78 Å². The first-order chi connectivity index (χ1) is 9.09. The summed E-state index contributed by atoms with van der Waals surface area (Å²) in [6.07, 6.45) is 5.88. The molecule has 1 heterocycles. The first-order valence-corrected chi connectivity index (χ1v) is 8.16. The Labute approximate surface area is 121 Å². The molecule has 102 valence electrons. The standard InChI is InChI=1S/C15H19BrN2O/c1-7(2)18-14(10(16)6-17-18)15(19)13-11-8-3-4-9(5-8)12(11)13/h6-9,11-13H,3-5H2,1-2H3. The highest BCUT2D eigenvalue weighted by Crippen LogP contribution is 2.70. The quantitative estimate of drug-likeness (QED) is 0.795. The molecule has 0 aliphatic heterocycles. The monoisotopic (exact) mass is 322 g/mol. The zero-order valence-electron chi connectivity index (χ0n) is 11.3. The van der Waals surface area contributed by atoms with Crippen LogP contribution in [0.25, 0.3) is 0 Å². The van der Waals surface area contributed by atoms with Crippen LogP contribution in [0.3, 0.4) is 0 Å². The Morgan fingerprint density at radius 1 is 1.37 bits per heavy atom. The first-order valence-electron chi connectivity index (χ1n) is 7.36. The van der Waals surface area contributed by atoms with Crippen LogP contribution in [0.2, 0.25) is 0 Å². The largest absolute Gasteiger partial charge is 0.292 e. The molecule has 3 aliphatic carbocycles. The molecule has 4 heteroatoms. The number of carbonyl (C=O) groups excluding carboxylic acids is 1. The Bertz CT molecular complexity index is 534. The number of carbonyl (C=O) groups is 1. The minimum atomic E-state index is 0.237. The Balaban J connectivity index is 1.64. The minimum absolute atomic E-state index is 0.237. The fourth-order valence-electron chi connectivity index (χ4n) is 4.80. The van der Waals surface area contributed by atoms with Gasteiger partial charge in [-0.2, -0.15) is 5.10 Å². The zero-order chi connectivity index (χ0) is 13.3. The van der Waals surface area contributed by atoms with Gasteiger partial charge in [-0.15, -0.1) is 0 Å². The lowest BCUT2D eigenvalue weighted by Gasteiger charge is -2.12. The van der Waals surface area contributed by atoms with Gasteiger partial charge in [0.25, 0.3) is 0 Å². The molecule has 0 saturated heterocycles. The Morgan fingerprint density at radius 2 is 2.00 bits per heavy atom. The van der Waals surface area contributed by atoms with Gasteiger partial charge in [0.15, 0.2) is 5.78 Å². The van der Waals surface area contributed by atoms with E-state index in [0.717, 1.165) is 22.0 Å². The predicted molar refractivity (Wildman–Crippen MR) is 75.9 cm³/mol. The maximum atomic E-state index is 12.9. The van der Waals surface area contributed by atoms with Crippen LogP contribution in [0, 0.1) is 29.6 Å². The summed E-state index contributed by atoms with van der Waals surface area (Å²) in [6, 6.07) is 0.237. The molecule has 0 radical (unpaired) electrons. The van der Waals surface area contributed by atoms with E-state index >= 15 is 0 Å². The van der Waals surface area contributed by atoms with Crippen LogP contribution in [-0.2, 0) is 0 Å². The van der Waals surface area contributed by atoms with E-state index in [0.29, 0.717) is 23.5 Å². The molecule has 1 aromatic heterocycles. The van der Waals surface area contributed by atoms with E-state index in [1.54, 1.807) is 6.20 Å². The SMILES string of the molecule is CC(C)n1ncc(Br)c1C(=O)C1C2C3CCC(C3)C12. The molecule has 3 fully saturated rings. The normalized spacial score (nSPS) is 38.8. The van der Waals surface area contributed by atoms with E-state index in [1.165, 1.54) is 19.3 Å². The Morgan fingerprint density at radius 3 is 2.58 bits per heavy atom. The van der Waals surface area contributed by atoms with Gasteiger partial charge >= 0.3 is 0 Å². The topological polar surface area (TPSA) is 34.9 Å². The molecule has 1 aromatic rings. The van der Waals surface area contributed by atoms with Crippen LogP contribution in [0.15, 0.2) is 10.7 Å². The molecule has 4 unspecified atom stereocenters. The highest BCUT2D eigenvalue weighted by Gasteiger charge is 2.67. The summed E-state index contributed by atoms with van der Waals surface area (Å²) in [5.41, 5.74) is 0.800. The number of fused-ring (bicyclic) bond motifs is 5. The summed E-state index contributed by atoms with van der Waals surface area (Å²) >= 11 is 3.50. The summed E-state index contributed by atoms with van der Waals surface area (Å²) in [5, 5.41) is 4.34. The lowest BCUT2D eigenvalue weighted by atomic mass is 9.98. The van der Waals surface area contributed by atoms with Crippen LogP contribution < -0.4 is 0 Å². The summed E-state index contributed by atoms with van der Waals surface area (Å²) < 4.78 is 2.74. The maximum Gasteiger partial charge on any atom is 0.185 e. The fourth-order valence-corrected chi connectivity index (χ4v) is 5.27. The number of ketones is 1. The van der Waals surface area contributed by atoms with Crippen LogP contribution in [0.1, 0.15) is 49.6 Å². The summed E-state index contributed by atoms with van der Waals surface area (Å²) in [4.78, 5) is 12.9. The van der Waals surface area contributed by atoms with Gasteiger partial charge in [-0.25, -0.2) is 0 Å². The molecule has 4 rings (SSSR count). The molecule has 3 nitrogen and oxygen atoms in total. The van der Waals surface area contributed by atoms with Crippen LogP contribution in [-0.4, -0.2) is 15.6 Å². The van der Waals surface area contributed by atoms with Gasteiger partial charge in [0.1, 0.15) is 5.69 Å². The molecule has 19 heavy (non-hydrogen) atoms. The third kappa shape index (κ3) is 1.55. The molecule has 2 bridgehead atoms. The lowest BCUT2D eigenvalue weighted by Crippen LogP contribution is -2.17. The van der Waals surface area contributed by atoms with Crippen molar-refractivity contribution in [1.29, 1.82) is 0 Å². The number of hydrogen-bond donors (Lipinski definition) is 0. The maximum absolute atomic E-state index is 12.9. The lowest BCUT2D eigenvalue weighted by molar-refractivity contribution is 0.0931. The van der Waals surface area contributed by atoms with E-state index in [9.17, 15) is 4.79 Å². The van der Waals surface area contributed by atoms with Gasteiger partial charge in [-0.3, -0.25) is 9.48 Å². The highest BCUT2D eigenvalue weighted by molar-refractivity contribution is 9.10. The Hall–Kier alpha value is -0.640. The molecule has 4 atom stereocenters. The molecule has 0 aromatic carbocycles. The van der Waals surface area contributed by atoms with Crippen LogP contribution >= 0.6 is 15.9 Å². The number of aromatic nitrogens is 2. The van der Waals surface area contributed by atoms with Crippen molar-refractivity contribution in [3.63, 3.8) is 0 Å². The minimum Gasteiger partial charge on any atom is -0.292 e. The molecular weight excluding hydrogens is 304 g/mol. The Kier molecular flexibility index (Phi) is 2.51. The van der Waals surface area contributed by atoms with Gasteiger partial charge < -0.3 is 0 Å². The molecule has 0 spiro atoms. The number of nitrogens with zero attached hydrogens (tertiary/aromatic N) is 2. The molecule has 0 amide bonds. The van der Waals surface area contributed by atoms with E-state index in [1.807, 2.05) is 4.68 Å². The van der Waals surface area contributed by atoms with E-state index in [2.05, 4.69) is 34.9 Å². The van der Waals surface area contributed by atoms with Crippen molar-refractivity contribution in [2.75, 3.05) is 0 Å². The van der Waals surface area contributed by atoms with Crippen molar-refractivity contribution in [2.45, 2.75) is 39.2 Å². The van der Waals surface area contributed by atoms with Crippen molar-refractivity contribution in [3.8, 4) is 0 Å². The van der Waals surface area contributed by atoms with E-state index in [4.69, 9.17) is 0 Å². The first kappa shape index (κ1) is 12.1. The smallest absolute Gasteiger partial charge is 0.185 e. The van der Waals surface area contributed by atoms with Crippen molar-refractivity contribution >= 4 is 21.7 Å². The summed E-state index contributed by atoms with van der Waals surface area (Å²) in [7, 11) is 0. The van der Waals surface area contributed by atoms with Gasteiger partial charge in [0, 0.05) is 12.0 Å². The molecular formula is C15H19BrN2O. The molecule has 3 saturated carbocycles. The second-order valence-corrected chi connectivity index (χ2v) is 7.61. The molecule has 0 N–H and O–H groups in total.